The smallest absolute Gasteiger partial charge is 0.330 e. The first kappa shape index (κ1) is 37.8. The summed E-state index contributed by atoms with van der Waals surface area (Å²) in [5, 5.41) is 62.1. The lowest BCUT2D eigenvalue weighted by Crippen LogP contribution is -2.65. The van der Waals surface area contributed by atoms with Crippen LogP contribution in [-0.4, -0.2) is 131 Å². The summed E-state index contributed by atoms with van der Waals surface area (Å²) in [4.78, 5) is 24.8. The van der Waals surface area contributed by atoms with Crippen molar-refractivity contribution in [2.24, 2.45) is 0 Å². The number of methoxy groups -OCH3 is 2. The van der Waals surface area contributed by atoms with Gasteiger partial charge in [-0.25, -0.2) is 4.79 Å². The molecule has 2 aliphatic heterocycles. The largest absolute Gasteiger partial charge is 0.504 e. The highest BCUT2D eigenvalue weighted by Gasteiger charge is 2.52. The molecule has 2 aromatic carbocycles. The fourth-order valence-electron chi connectivity index (χ4n) is 5.26. The van der Waals surface area contributed by atoms with Crippen LogP contribution in [0.5, 0.6) is 23.0 Å². The van der Waals surface area contributed by atoms with Gasteiger partial charge in [0, 0.05) is 13.0 Å². The summed E-state index contributed by atoms with van der Waals surface area (Å²) >= 11 is 0. The average molecular weight is 695 g/mol. The van der Waals surface area contributed by atoms with Crippen LogP contribution in [0.25, 0.3) is 6.08 Å². The maximum atomic E-state index is 12.6. The predicted octanol–water partition coefficient (Wildman–Crippen LogP) is 0.161. The highest BCUT2D eigenvalue weighted by Crippen LogP contribution is 2.32. The number of esters is 2. The fourth-order valence-corrected chi connectivity index (χ4v) is 5.26. The van der Waals surface area contributed by atoms with E-state index in [1.54, 1.807) is 18.2 Å². The standard InChI is InChI=1S/C33H42O16/c1-16-26(38)28(40)29(41)32(46-16)49-30-27(39)24(15-45-25(37)10-7-18-5-8-20(35)22(13-18)42-3)48-33(31(30)47-17(2)34)44-12-11-19-6-9-21(36)23(14-19)43-4/h5-10,13-14,16,24,26-33,35-36,38-41H,11-12,15H2,1-4H3/b10-7+/t16-,24+,26-,27+,28+,29+,30-,31+,32-,33+/m0/s1. The molecule has 10 atom stereocenters. The molecule has 16 nitrogen and oxygen atoms in total. The molecule has 2 aliphatic rings. The van der Waals surface area contributed by atoms with Crippen LogP contribution in [0.3, 0.4) is 0 Å². The Morgan fingerprint density at radius 3 is 2.18 bits per heavy atom. The van der Waals surface area contributed by atoms with Gasteiger partial charge in [0.15, 0.2) is 41.7 Å². The Bertz CT molecular complexity index is 1450. The molecule has 6 N–H and O–H groups in total. The van der Waals surface area contributed by atoms with Gasteiger partial charge in [0.2, 0.25) is 0 Å². The number of ether oxygens (including phenoxy) is 8. The molecule has 0 spiro atoms. The Hall–Kier alpha value is -4.00. The van der Waals surface area contributed by atoms with Crippen molar-refractivity contribution < 1.29 is 78.1 Å². The van der Waals surface area contributed by atoms with Gasteiger partial charge < -0.3 is 68.5 Å². The SMILES string of the molecule is COc1cc(/C=C/C(=O)OC[C@H]2O[C@@H](OCCc3ccc(O)c(OC)c3)[C@H](OC(C)=O)[C@@H](O[C@@H]3O[C@@H](C)[C@H](O)[C@@H](O)[C@H]3O)[C@@H]2O)ccc1O. The number of benzene rings is 2. The van der Waals surface area contributed by atoms with E-state index >= 15 is 0 Å². The van der Waals surface area contributed by atoms with Gasteiger partial charge in [-0.2, -0.15) is 0 Å². The Kier molecular flexibility index (Phi) is 13.2. The highest BCUT2D eigenvalue weighted by molar-refractivity contribution is 5.87. The van der Waals surface area contributed by atoms with Gasteiger partial charge in [-0.3, -0.25) is 4.79 Å². The maximum Gasteiger partial charge on any atom is 0.330 e. The molecule has 0 aromatic heterocycles. The summed E-state index contributed by atoms with van der Waals surface area (Å²) in [6.07, 6.45) is -12.0. The Morgan fingerprint density at radius 2 is 1.51 bits per heavy atom. The van der Waals surface area contributed by atoms with Gasteiger partial charge in [0.1, 0.15) is 43.2 Å². The van der Waals surface area contributed by atoms with Crippen LogP contribution in [0.15, 0.2) is 42.5 Å². The molecular weight excluding hydrogens is 652 g/mol. The summed E-state index contributed by atoms with van der Waals surface area (Å²) in [7, 11) is 2.78. The molecule has 4 rings (SSSR count). The number of phenolic OH excluding ortho intramolecular Hbond substituents is 2. The highest BCUT2D eigenvalue weighted by atomic mass is 16.7. The molecule has 0 bridgehead atoms. The van der Waals surface area contributed by atoms with Crippen molar-refractivity contribution in [2.45, 2.75) is 81.7 Å². The van der Waals surface area contributed by atoms with Crippen LogP contribution in [0.1, 0.15) is 25.0 Å². The zero-order chi connectivity index (χ0) is 35.8. The lowest BCUT2D eigenvalue weighted by Gasteiger charge is -2.46. The van der Waals surface area contributed by atoms with Gasteiger partial charge in [0.25, 0.3) is 0 Å². The fraction of sp³-hybridized carbons (Fsp3) is 0.515. The van der Waals surface area contributed by atoms with Crippen LogP contribution in [-0.2, 0) is 44.4 Å². The lowest BCUT2D eigenvalue weighted by atomic mass is 9.97. The molecule has 2 fully saturated rings. The Morgan fingerprint density at radius 1 is 0.837 bits per heavy atom. The summed E-state index contributed by atoms with van der Waals surface area (Å²) in [5.41, 5.74) is 1.23. The number of phenols is 2. The molecular formula is C33H42O16. The third kappa shape index (κ3) is 9.58. The van der Waals surface area contributed by atoms with Crippen molar-refractivity contribution in [1.29, 1.82) is 0 Å². The summed E-state index contributed by atoms with van der Waals surface area (Å²) < 4.78 is 44.4. The van der Waals surface area contributed by atoms with Crippen molar-refractivity contribution in [3.8, 4) is 23.0 Å². The minimum atomic E-state index is -1.76. The second-order valence-corrected chi connectivity index (χ2v) is 11.4. The van der Waals surface area contributed by atoms with E-state index < -0.39 is 80.0 Å². The average Bonchev–Trinajstić information content (AvgIpc) is 3.08. The van der Waals surface area contributed by atoms with Crippen LogP contribution in [0, 0.1) is 0 Å². The molecule has 270 valence electrons. The summed E-state index contributed by atoms with van der Waals surface area (Å²) in [6.45, 7) is 1.99. The van der Waals surface area contributed by atoms with Crippen molar-refractivity contribution in [3.63, 3.8) is 0 Å². The normalized spacial score (nSPS) is 30.1. The van der Waals surface area contributed by atoms with Crippen LogP contribution < -0.4 is 9.47 Å². The van der Waals surface area contributed by atoms with E-state index in [2.05, 4.69) is 0 Å². The minimum Gasteiger partial charge on any atom is -0.504 e. The van der Waals surface area contributed by atoms with E-state index in [4.69, 9.17) is 37.9 Å². The Labute approximate surface area is 281 Å². The zero-order valence-corrected chi connectivity index (χ0v) is 27.3. The van der Waals surface area contributed by atoms with Gasteiger partial charge in [-0.15, -0.1) is 0 Å². The summed E-state index contributed by atoms with van der Waals surface area (Å²) in [6, 6.07) is 9.13. The molecule has 2 aromatic rings. The monoisotopic (exact) mass is 694 g/mol. The molecule has 0 radical (unpaired) electrons. The molecule has 0 amide bonds. The first-order chi connectivity index (χ1) is 23.3. The van der Waals surface area contributed by atoms with Gasteiger partial charge in [-0.05, 0) is 54.8 Å². The van der Waals surface area contributed by atoms with Crippen LogP contribution in [0.2, 0.25) is 0 Å². The van der Waals surface area contributed by atoms with Crippen molar-refractivity contribution in [2.75, 3.05) is 27.4 Å². The topological polar surface area (TPSA) is 229 Å². The van der Waals surface area contributed by atoms with Crippen molar-refractivity contribution >= 4 is 18.0 Å². The molecule has 0 unspecified atom stereocenters. The predicted molar refractivity (Wildman–Crippen MR) is 166 cm³/mol. The number of aromatic hydroxyl groups is 2. The third-order valence-corrected chi connectivity index (χ3v) is 7.94. The van der Waals surface area contributed by atoms with Gasteiger partial charge in [-0.1, -0.05) is 12.1 Å². The third-order valence-electron chi connectivity index (χ3n) is 7.94. The molecule has 0 saturated carbocycles. The van der Waals surface area contributed by atoms with E-state index in [1.165, 1.54) is 45.4 Å². The molecule has 16 heteroatoms. The number of carbonyl (C=O) groups is 2. The van der Waals surface area contributed by atoms with Crippen LogP contribution in [0.4, 0.5) is 0 Å². The van der Waals surface area contributed by atoms with Crippen LogP contribution >= 0.6 is 0 Å². The molecule has 0 aliphatic carbocycles. The molecule has 2 heterocycles. The zero-order valence-electron chi connectivity index (χ0n) is 27.3. The lowest BCUT2D eigenvalue weighted by molar-refractivity contribution is -0.357. The van der Waals surface area contributed by atoms with E-state index in [0.29, 0.717) is 11.1 Å². The molecule has 49 heavy (non-hydrogen) atoms. The van der Waals surface area contributed by atoms with Gasteiger partial charge in [0.05, 0.1) is 26.9 Å². The van der Waals surface area contributed by atoms with Crippen molar-refractivity contribution in [3.05, 3.63) is 53.6 Å². The Balaban J connectivity index is 1.53. The number of aliphatic hydroxyl groups is 4. The van der Waals surface area contributed by atoms with E-state index in [0.717, 1.165) is 13.0 Å². The first-order valence-corrected chi connectivity index (χ1v) is 15.4. The number of rotatable bonds is 13. The summed E-state index contributed by atoms with van der Waals surface area (Å²) in [5.74, 6) is -1.31. The number of carbonyl (C=O) groups excluding carboxylic acids is 2. The number of aliphatic hydroxyl groups excluding tert-OH is 4. The maximum absolute atomic E-state index is 12.6. The number of hydrogen-bond acceptors (Lipinski definition) is 16. The van der Waals surface area contributed by atoms with Gasteiger partial charge >= 0.3 is 11.9 Å². The van der Waals surface area contributed by atoms with E-state index in [-0.39, 0.29) is 36.0 Å². The first-order valence-electron chi connectivity index (χ1n) is 15.4. The quantitative estimate of drug-likeness (QED) is 0.121. The van der Waals surface area contributed by atoms with E-state index in [1.807, 2.05) is 0 Å². The minimum absolute atomic E-state index is 0.0327. The molecule has 2 saturated heterocycles. The van der Waals surface area contributed by atoms with E-state index in [9.17, 15) is 40.2 Å². The second kappa shape index (κ2) is 17.1. The second-order valence-electron chi connectivity index (χ2n) is 11.4. The van der Waals surface area contributed by atoms with Crippen molar-refractivity contribution in [1.82, 2.24) is 0 Å². The number of hydrogen-bond donors (Lipinski definition) is 6.